The van der Waals surface area contributed by atoms with Crippen LogP contribution in [0.2, 0.25) is 0 Å². The van der Waals surface area contributed by atoms with Crippen molar-refractivity contribution < 1.29 is 9.47 Å². The first kappa shape index (κ1) is 8.31. The van der Waals surface area contributed by atoms with E-state index in [1.165, 1.54) is 0 Å². The summed E-state index contributed by atoms with van der Waals surface area (Å²) in [7, 11) is 0. The van der Waals surface area contributed by atoms with Gasteiger partial charge >= 0.3 is 0 Å². The normalized spacial score (nSPS) is 49.2. The van der Waals surface area contributed by atoms with Gasteiger partial charge in [-0.3, -0.25) is 0 Å². The number of hydrogen-bond acceptors (Lipinski definition) is 2. The van der Waals surface area contributed by atoms with Crippen molar-refractivity contribution in [2.24, 2.45) is 0 Å². The van der Waals surface area contributed by atoms with Gasteiger partial charge in [0.05, 0.1) is 17.6 Å². The van der Waals surface area contributed by atoms with Crippen molar-refractivity contribution >= 4 is 11.6 Å². The van der Waals surface area contributed by atoms with Gasteiger partial charge in [0.1, 0.15) is 0 Å². The zero-order chi connectivity index (χ0) is 7.72. The Morgan fingerprint density at radius 1 is 1.00 bits per heavy atom. The van der Waals surface area contributed by atoms with E-state index < -0.39 is 0 Å². The molecule has 1 fully saturated rings. The molecule has 60 valence electrons. The van der Waals surface area contributed by atoms with E-state index in [0.717, 1.165) is 0 Å². The molecule has 3 heteroatoms. The van der Waals surface area contributed by atoms with Gasteiger partial charge in [0.2, 0.25) is 0 Å². The lowest BCUT2D eigenvalue weighted by atomic mass is 10.1. The summed E-state index contributed by atoms with van der Waals surface area (Å²) < 4.78 is 10.6. The first-order valence-electron chi connectivity index (χ1n) is 3.56. The lowest BCUT2D eigenvalue weighted by molar-refractivity contribution is -0.221. The van der Waals surface area contributed by atoms with E-state index in [1.807, 2.05) is 20.8 Å². The molecule has 1 saturated heterocycles. The maximum absolute atomic E-state index is 5.93. The van der Waals surface area contributed by atoms with Crippen molar-refractivity contribution in [1.29, 1.82) is 0 Å². The highest BCUT2D eigenvalue weighted by Crippen LogP contribution is 2.22. The van der Waals surface area contributed by atoms with Crippen LogP contribution < -0.4 is 0 Å². The van der Waals surface area contributed by atoms with Crippen LogP contribution in [-0.4, -0.2) is 23.9 Å². The van der Waals surface area contributed by atoms with E-state index in [9.17, 15) is 0 Å². The van der Waals surface area contributed by atoms with Crippen LogP contribution in [0.4, 0.5) is 0 Å². The molecule has 1 aliphatic rings. The van der Waals surface area contributed by atoms with Gasteiger partial charge in [0.15, 0.2) is 6.29 Å². The monoisotopic (exact) mass is 164 g/mol. The van der Waals surface area contributed by atoms with Crippen molar-refractivity contribution in [3.05, 3.63) is 0 Å². The zero-order valence-corrected chi connectivity index (χ0v) is 7.26. The summed E-state index contributed by atoms with van der Waals surface area (Å²) in [5.74, 6) is 0. The third kappa shape index (κ3) is 1.62. The number of hydrogen-bond donors (Lipinski definition) is 0. The molecule has 0 aromatic rings. The summed E-state index contributed by atoms with van der Waals surface area (Å²) in [6, 6.07) is 0. The molecule has 10 heavy (non-hydrogen) atoms. The van der Waals surface area contributed by atoms with Crippen LogP contribution in [0.3, 0.4) is 0 Å². The highest BCUT2D eigenvalue weighted by atomic mass is 35.5. The maximum atomic E-state index is 5.93. The summed E-state index contributed by atoms with van der Waals surface area (Å²) in [6.07, 6.45) is 0.0841. The summed E-state index contributed by atoms with van der Waals surface area (Å²) in [5.41, 5.74) is 0. The zero-order valence-electron chi connectivity index (χ0n) is 6.50. The van der Waals surface area contributed by atoms with Crippen LogP contribution in [0.1, 0.15) is 20.8 Å². The largest absolute Gasteiger partial charge is 0.348 e. The summed E-state index contributed by atoms with van der Waals surface area (Å²) in [6.45, 7) is 5.82. The Morgan fingerprint density at radius 3 is 1.80 bits per heavy atom. The van der Waals surface area contributed by atoms with Crippen molar-refractivity contribution in [3.63, 3.8) is 0 Å². The second kappa shape index (κ2) is 3.07. The molecule has 0 amide bonds. The molecule has 2 nitrogen and oxygen atoms in total. The second-order valence-corrected chi connectivity index (χ2v) is 3.20. The lowest BCUT2D eigenvalue weighted by Crippen LogP contribution is -2.43. The van der Waals surface area contributed by atoms with Gasteiger partial charge in [-0.2, -0.15) is 0 Å². The first-order valence-corrected chi connectivity index (χ1v) is 4.00. The number of ether oxygens (including phenoxy) is 2. The fourth-order valence-electron chi connectivity index (χ4n) is 1.17. The van der Waals surface area contributed by atoms with Gasteiger partial charge in [-0.05, 0) is 20.8 Å². The quantitative estimate of drug-likeness (QED) is 0.508. The molecule has 1 aliphatic heterocycles. The van der Waals surface area contributed by atoms with Crippen molar-refractivity contribution in [1.82, 2.24) is 0 Å². The Morgan fingerprint density at radius 2 is 1.40 bits per heavy atom. The second-order valence-electron chi connectivity index (χ2n) is 2.69. The minimum absolute atomic E-state index is 0.0174. The number of halogens is 1. The number of alkyl halides is 1. The number of rotatable bonds is 0. The first-order chi connectivity index (χ1) is 4.61. The SMILES string of the molecule is CC1O[C@@H](C)C(Cl)[C@H](C)O1. The van der Waals surface area contributed by atoms with E-state index in [-0.39, 0.29) is 23.9 Å². The van der Waals surface area contributed by atoms with Gasteiger partial charge in [0.25, 0.3) is 0 Å². The van der Waals surface area contributed by atoms with E-state index in [1.54, 1.807) is 0 Å². The molecular formula is C7H13ClO2. The summed E-state index contributed by atoms with van der Waals surface area (Å²) >= 11 is 5.93. The van der Waals surface area contributed by atoms with Crippen molar-refractivity contribution in [2.75, 3.05) is 0 Å². The Hall–Kier alpha value is 0.210. The Balaban J connectivity index is 2.49. The third-order valence-corrected chi connectivity index (χ3v) is 2.42. The van der Waals surface area contributed by atoms with Gasteiger partial charge in [-0.25, -0.2) is 0 Å². The molecule has 0 spiro atoms. The molecule has 1 rings (SSSR count). The van der Waals surface area contributed by atoms with Crippen molar-refractivity contribution in [3.8, 4) is 0 Å². The summed E-state index contributed by atoms with van der Waals surface area (Å²) in [5, 5.41) is -0.0174. The van der Waals surface area contributed by atoms with E-state index >= 15 is 0 Å². The highest BCUT2D eigenvalue weighted by molar-refractivity contribution is 6.21. The molecule has 0 saturated carbocycles. The standard InChI is InChI=1S/C7H13ClO2/c1-4-7(8)5(2)10-6(3)9-4/h4-7H,1-3H3/t4-,5-,6?,7?/m0/s1. The minimum atomic E-state index is -0.111. The third-order valence-electron chi connectivity index (χ3n) is 1.71. The molecule has 0 aromatic carbocycles. The molecule has 0 N–H and O–H groups in total. The van der Waals surface area contributed by atoms with Crippen molar-refractivity contribution in [2.45, 2.75) is 44.6 Å². The minimum Gasteiger partial charge on any atom is -0.348 e. The molecule has 0 aliphatic carbocycles. The molecule has 0 aromatic heterocycles. The van der Waals surface area contributed by atoms with E-state index in [2.05, 4.69) is 0 Å². The average Bonchev–Trinajstić information content (AvgIpc) is 1.82. The van der Waals surface area contributed by atoms with Crippen LogP contribution in [0.25, 0.3) is 0 Å². The molecule has 0 unspecified atom stereocenters. The van der Waals surface area contributed by atoms with Crippen LogP contribution in [0.5, 0.6) is 0 Å². The van der Waals surface area contributed by atoms with Crippen LogP contribution in [0, 0.1) is 0 Å². The molecule has 2 atom stereocenters. The highest BCUT2D eigenvalue weighted by Gasteiger charge is 2.30. The Kier molecular flexibility index (Phi) is 2.55. The van der Waals surface area contributed by atoms with E-state index in [4.69, 9.17) is 21.1 Å². The molecule has 0 radical (unpaired) electrons. The predicted molar refractivity (Wildman–Crippen MR) is 40.2 cm³/mol. The van der Waals surface area contributed by atoms with Gasteiger partial charge in [-0.15, -0.1) is 11.6 Å². The fraction of sp³-hybridized carbons (Fsp3) is 1.00. The topological polar surface area (TPSA) is 18.5 Å². The van der Waals surface area contributed by atoms with Gasteiger partial charge in [0, 0.05) is 0 Å². The van der Waals surface area contributed by atoms with Crippen LogP contribution in [0.15, 0.2) is 0 Å². The molecular weight excluding hydrogens is 152 g/mol. The Bertz CT molecular complexity index is 106. The maximum Gasteiger partial charge on any atom is 0.155 e. The Labute approximate surface area is 66.5 Å². The summed E-state index contributed by atoms with van der Waals surface area (Å²) in [4.78, 5) is 0. The predicted octanol–water partition coefficient (Wildman–Crippen LogP) is 1.76. The van der Waals surface area contributed by atoms with Crippen LogP contribution >= 0.6 is 11.6 Å². The van der Waals surface area contributed by atoms with E-state index in [0.29, 0.717) is 0 Å². The molecule has 1 heterocycles. The average molecular weight is 165 g/mol. The molecule has 0 bridgehead atoms. The smallest absolute Gasteiger partial charge is 0.155 e. The van der Waals surface area contributed by atoms with Gasteiger partial charge < -0.3 is 9.47 Å². The van der Waals surface area contributed by atoms with Crippen LogP contribution in [-0.2, 0) is 9.47 Å². The fourth-order valence-corrected chi connectivity index (χ4v) is 1.29. The lowest BCUT2D eigenvalue weighted by Gasteiger charge is -2.34. The van der Waals surface area contributed by atoms with Gasteiger partial charge in [-0.1, -0.05) is 0 Å².